The fourth-order valence-corrected chi connectivity index (χ4v) is 4.69. The fourth-order valence-electron chi connectivity index (χ4n) is 2.92. The Labute approximate surface area is 152 Å². The zero-order chi connectivity index (χ0) is 18.7. The van der Waals surface area contributed by atoms with Gasteiger partial charge in [-0.25, -0.2) is 8.42 Å². The van der Waals surface area contributed by atoms with Gasteiger partial charge < -0.3 is 10.2 Å². The molecule has 1 aliphatic heterocycles. The zero-order valence-corrected chi connectivity index (χ0v) is 15.0. The van der Waals surface area contributed by atoms with Gasteiger partial charge in [0.25, 0.3) is 5.91 Å². The summed E-state index contributed by atoms with van der Waals surface area (Å²) in [6.07, 6.45) is 2.10. The van der Waals surface area contributed by atoms with Gasteiger partial charge in [0.05, 0.1) is 23.1 Å². The Hall–Kier alpha value is -2.92. The number of hydrogen-bond donors (Lipinski definition) is 1. The van der Waals surface area contributed by atoms with Crippen LogP contribution in [0.1, 0.15) is 22.5 Å². The molecule has 1 N–H and O–H groups in total. The van der Waals surface area contributed by atoms with Gasteiger partial charge in [0.1, 0.15) is 5.69 Å². The molecule has 1 aromatic carbocycles. The minimum atomic E-state index is -2.99. The first kappa shape index (κ1) is 17.9. The number of anilines is 2. The van der Waals surface area contributed by atoms with E-state index in [-0.39, 0.29) is 23.2 Å². The van der Waals surface area contributed by atoms with Crippen LogP contribution in [0.3, 0.4) is 0 Å². The SMILES string of the molecule is CN(c1ccnc(C(=O)Nc2cccc(C#N)c2)c1)C1CCS(=O)(=O)C1. The molecule has 0 aliphatic carbocycles. The number of aromatic nitrogens is 1. The lowest BCUT2D eigenvalue weighted by molar-refractivity contribution is 0.102. The van der Waals surface area contributed by atoms with Gasteiger partial charge in [0.2, 0.25) is 0 Å². The number of nitrogens with one attached hydrogen (secondary N) is 1. The molecule has 3 rings (SSSR count). The second-order valence-electron chi connectivity index (χ2n) is 6.21. The summed E-state index contributed by atoms with van der Waals surface area (Å²) in [4.78, 5) is 18.4. The van der Waals surface area contributed by atoms with Crippen LogP contribution >= 0.6 is 0 Å². The average Bonchev–Trinajstić information content (AvgIpc) is 3.01. The lowest BCUT2D eigenvalue weighted by Crippen LogP contribution is -2.32. The van der Waals surface area contributed by atoms with E-state index in [9.17, 15) is 13.2 Å². The maximum atomic E-state index is 12.4. The quantitative estimate of drug-likeness (QED) is 0.881. The highest BCUT2D eigenvalue weighted by Gasteiger charge is 2.31. The van der Waals surface area contributed by atoms with E-state index in [1.165, 1.54) is 6.20 Å². The molecule has 1 saturated heterocycles. The summed E-state index contributed by atoms with van der Waals surface area (Å²) >= 11 is 0. The standard InChI is InChI=1S/C18H18N4O3S/c1-22(16-6-8-26(24,25)12-16)15-5-7-20-17(10-15)18(23)21-14-4-2-3-13(9-14)11-19/h2-5,7,9-10,16H,6,8,12H2,1H3,(H,21,23). The van der Waals surface area contributed by atoms with Crippen molar-refractivity contribution < 1.29 is 13.2 Å². The van der Waals surface area contributed by atoms with Crippen LogP contribution in [0.25, 0.3) is 0 Å². The van der Waals surface area contributed by atoms with Gasteiger partial charge in [-0.1, -0.05) is 6.07 Å². The molecule has 0 bridgehead atoms. The number of amides is 1. The van der Waals surface area contributed by atoms with Gasteiger partial charge in [-0.2, -0.15) is 5.26 Å². The first-order valence-electron chi connectivity index (χ1n) is 8.09. The highest BCUT2D eigenvalue weighted by atomic mass is 32.2. The summed E-state index contributed by atoms with van der Waals surface area (Å²) < 4.78 is 23.4. The molecule has 1 aromatic heterocycles. The third-order valence-electron chi connectivity index (χ3n) is 4.39. The molecule has 0 saturated carbocycles. The van der Waals surface area contributed by atoms with Crippen molar-refractivity contribution >= 4 is 27.1 Å². The Morgan fingerprint density at radius 2 is 2.15 bits per heavy atom. The summed E-state index contributed by atoms with van der Waals surface area (Å²) in [5, 5.41) is 11.6. The number of nitriles is 1. The Morgan fingerprint density at radius 3 is 2.85 bits per heavy atom. The van der Waals surface area contributed by atoms with E-state index in [0.29, 0.717) is 17.7 Å². The van der Waals surface area contributed by atoms with Crippen LogP contribution in [0.5, 0.6) is 0 Å². The minimum Gasteiger partial charge on any atom is -0.370 e. The zero-order valence-electron chi connectivity index (χ0n) is 14.2. The summed E-state index contributed by atoms with van der Waals surface area (Å²) in [6.45, 7) is 0. The summed E-state index contributed by atoms with van der Waals surface area (Å²) in [5.41, 5.74) is 1.92. The second kappa shape index (κ2) is 7.14. The molecule has 1 fully saturated rings. The highest BCUT2D eigenvalue weighted by Crippen LogP contribution is 2.23. The molecule has 26 heavy (non-hydrogen) atoms. The molecule has 2 heterocycles. The van der Waals surface area contributed by atoms with E-state index >= 15 is 0 Å². The number of benzene rings is 1. The number of hydrogen-bond acceptors (Lipinski definition) is 6. The number of carbonyl (C=O) groups is 1. The summed E-state index contributed by atoms with van der Waals surface area (Å²) in [5.74, 6) is -0.0846. The van der Waals surface area contributed by atoms with Crippen LogP contribution < -0.4 is 10.2 Å². The Bertz CT molecular complexity index is 982. The van der Waals surface area contributed by atoms with Gasteiger partial charge in [-0.15, -0.1) is 0 Å². The van der Waals surface area contributed by atoms with Crippen molar-refractivity contribution in [3.8, 4) is 6.07 Å². The lowest BCUT2D eigenvalue weighted by atomic mass is 10.2. The van der Waals surface area contributed by atoms with Crippen molar-refractivity contribution in [1.82, 2.24) is 4.98 Å². The number of rotatable bonds is 4. The van der Waals surface area contributed by atoms with Gasteiger partial charge in [0, 0.05) is 30.7 Å². The van der Waals surface area contributed by atoms with Crippen molar-refractivity contribution in [2.75, 3.05) is 28.8 Å². The average molecular weight is 370 g/mol. The molecule has 134 valence electrons. The molecule has 1 atom stereocenters. The van der Waals surface area contributed by atoms with Crippen molar-refractivity contribution in [3.63, 3.8) is 0 Å². The van der Waals surface area contributed by atoms with Crippen molar-refractivity contribution in [1.29, 1.82) is 5.26 Å². The molecule has 7 nitrogen and oxygen atoms in total. The fraction of sp³-hybridized carbons (Fsp3) is 0.278. The summed E-state index contributed by atoms with van der Waals surface area (Å²) in [7, 11) is -1.17. The van der Waals surface area contributed by atoms with E-state index < -0.39 is 15.7 Å². The molecule has 0 spiro atoms. The predicted octanol–water partition coefficient (Wildman–Crippen LogP) is 1.83. The van der Waals surface area contributed by atoms with Crippen molar-refractivity contribution in [3.05, 3.63) is 53.9 Å². The van der Waals surface area contributed by atoms with Crippen LogP contribution in [0.2, 0.25) is 0 Å². The number of nitrogens with zero attached hydrogens (tertiary/aromatic N) is 3. The van der Waals surface area contributed by atoms with Gasteiger partial charge in [0.15, 0.2) is 9.84 Å². The van der Waals surface area contributed by atoms with Gasteiger partial charge in [-0.3, -0.25) is 9.78 Å². The number of carbonyl (C=O) groups excluding carboxylic acids is 1. The highest BCUT2D eigenvalue weighted by molar-refractivity contribution is 7.91. The van der Waals surface area contributed by atoms with Crippen LogP contribution in [-0.2, 0) is 9.84 Å². The maximum absolute atomic E-state index is 12.4. The van der Waals surface area contributed by atoms with Crippen molar-refractivity contribution in [2.24, 2.45) is 0 Å². The minimum absolute atomic E-state index is 0.106. The Balaban J connectivity index is 1.76. The summed E-state index contributed by atoms with van der Waals surface area (Å²) in [6, 6.07) is 11.9. The maximum Gasteiger partial charge on any atom is 0.274 e. The Morgan fingerprint density at radius 1 is 1.35 bits per heavy atom. The topological polar surface area (TPSA) is 103 Å². The lowest BCUT2D eigenvalue weighted by Gasteiger charge is -2.25. The van der Waals surface area contributed by atoms with Gasteiger partial charge in [-0.05, 0) is 36.8 Å². The molecular formula is C18H18N4O3S. The van der Waals surface area contributed by atoms with E-state index in [1.54, 1.807) is 36.4 Å². The van der Waals surface area contributed by atoms with Crippen molar-refractivity contribution in [2.45, 2.75) is 12.5 Å². The number of sulfone groups is 1. The van der Waals surface area contributed by atoms with Crippen LogP contribution in [0.15, 0.2) is 42.6 Å². The first-order valence-corrected chi connectivity index (χ1v) is 9.91. The van der Waals surface area contributed by atoms with E-state index in [1.807, 2.05) is 18.0 Å². The molecule has 1 unspecified atom stereocenters. The molecule has 2 aromatic rings. The monoisotopic (exact) mass is 370 g/mol. The van der Waals surface area contributed by atoms with Crippen LogP contribution in [0, 0.1) is 11.3 Å². The first-order chi connectivity index (χ1) is 12.4. The third kappa shape index (κ3) is 4.00. The molecule has 0 radical (unpaired) electrons. The van der Waals surface area contributed by atoms with Crippen LogP contribution in [0.4, 0.5) is 11.4 Å². The van der Waals surface area contributed by atoms with E-state index in [0.717, 1.165) is 5.69 Å². The predicted molar refractivity (Wildman–Crippen MR) is 98.8 cm³/mol. The van der Waals surface area contributed by atoms with Gasteiger partial charge >= 0.3 is 0 Å². The van der Waals surface area contributed by atoms with Crippen LogP contribution in [-0.4, -0.2) is 43.9 Å². The Kier molecular flexibility index (Phi) is 4.91. The molecular weight excluding hydrogens is 352 g/mol. The smallest absolute Gasteiger partial charge is 0.274 e. The molecule has 1 aliphatic rings. The third-order valence-corrected chi connectivity index (χ3v) is 6.14. The normalized spacial score (nSPS) is 18.1. The second-order valence-corrected chi connectivity index (χ2v) is 8.44. The van der Waals surface area contributed by atoms with E-state index in [2.05, 4.69) is 10.3 Å². The largest absolute Gasteiger partial charge is 0.370 e. The molecule has 8 heteroatoms. The van der Waals surface area contributed by atoms with E-state index in [4.69, 9.17) is 5.26 Å². The molecule has 1 amide bonds. The number of pyridine rings is 1.